The summed E-state index contributed by atoms with van der Waals surface area (Å²) in [6, 6.07) is 17.3. The molecule has 33 heavy (non-hydrogen) atoms. The molecular formula is C27H29N3O3. The molecule has 0 saturated carbocycles. The number of pyridine rings is 1. The number of benzene rings is 2. The summed E-state index contributed by atoms with van der Waals surface area (Å²) in [5.41, 5.74) is 6.27. The van der Waals surface area contributed by atoms with Crippen LogP contribution in [-0.4, -0.2) is 26.9 Å². The van der Waals surface area contributed by atoms with Crippen molar-refractivity contribution in [1.82, 2.24) is 15.2 Å². The van der Waals surface area contributed by atoms with Crippen LogP contribution in [0.25, 0.3) is 0 Å². The van der Waals surface area contributed by atoms with Gasteiger partial charge in [0.2, 0.25) is 0 Å². The number of hydrogen-bond donors (Lipinski definition) is 2. The van der Waals surface area contributed by atoms with Crippen LogP contribution in [0.1, 0.15) is 68.6 Å². The number of aromatic carboxylic acids is 1. The quantitative estimate of drug-likeness (QED) is 0.552. The molecule has 1 atom stereocenters. The fraction of sp³-hybridized carbons (Fsp3) is 0.296. The largest absolute Gasteiger partial charge is 0.478 e. The predicted octanol–water partition coefficient (Wildman–Crippen LogP) is 4.73. The van der Waals surface area contributed by atoms with E-state index in [2.05, 4.69) is 55.3 Å². The van der Waals surface area contributed by atoms with Crippen LogP contribution in [-0.2, 0) is 19.6 Å². The van der Waals surface area contributed by atoms with Gasteiger partial charge in [-0.15, -0.1) is 0 Å². The van der Waals surface area contributed by atoms with E-state index >= 15 is 0 Å². The third-order valence-electron chi connectivity index (χ3n) is 6.10. The summed E-state index contributed by atoms with van der Waals surface area (Å²) in [6.45, 7) is 8.43. The van der Waals surface area contributed by atoms with Crippen molar-refractivity contribution >= 4 is 11.9 Å². The van der Waals surface area contributed by atoms with Crippen LogP contribution in [0.2, 0.25) is 0 Å². The second kappa shape index (κ2) is 9.55. The molecule has 0 bridgehead atoms. The minimum absolute atomic E-state index is 0.189. The highest BCUT2D eigenvalue weighted by Gasteiger charge is 2.34. The van der Waals surface area contributed by atoms with Crippen molar-refractivity contribution in [3.8, 4) is 0 Å². The SMILES string of the molecule is Cc1ccc(CN2Cc3cc(C(=O)NCc4ccc(C(=O)O)cc4)cnc3[C@@H]2C(C)C)cc1. The summed E-state index contributed by atoms with van der Waals surface area (Å²) < 4.78 is 0. The topological polar surface area (TPSA) is 82.5 Å². The molecule has 0 unspecified atom stereocenters. The van der Waals surface area contributed by atoms with E-state index in [1.165, 1.54) is 23.3 Å². The van der Waals surface area contributed by atoms with Crippen molar-refractivity contribution in [2.24, 2.45) is 5.92 Å². The van der Waals surface area contributed by atoms with Gasteiger partial charge in [0.15, 0.2) is 0 Å². The number of nitrogens with one attached hydrogen (secondary N) is 1. The zero-order chi connectivity index (χ0) is 23.5. The maximum absolute atomic E-state index is 12.8. The first-order valence-corrected chi connectivity index (χ1v) is 11.2. The third-order valence-corrected chi connectivity index (χ3v) is 6.10. The molecule has 1 aromatic heterocycles. The Balaban J connectivity index is 1.46. The van der Waals surface area contributed by atoms with Crippen molar-refractivity contribution in [3.05, 3.63) is 99.9 Å². The minimum Gasteiger partial charge on any atom is -0.478 e. The highest BCUT2D eigenvalue weighted by atomic mass is 16.4. The van der Waals surface area contributed by atoms with Gasteiger partial charge in [0.25, 0.3) is 5.91 Å². The smallest absolute Gasteiger partial charge is 0.335 e. The molecule has 2 heterocycles. The highest BCUT2D eigenvalue weighted by Crippen LogP contribution is 2.38. The van der Waals surface area contributed by atoms with E-state index in [0.717, 1.165) is 29.9 Å². The standard InChI is InChI=1S/C27H29N3O3/c1-17(2)25-24-23(16-30(25)15-20-6-4-18(3)5-7-20)12-22(14-28-24)26(31)29-13-19-8-10-21(11-9-19)27(32)33/h4-12,14,17,25H,13,15-16H2,1-3H3,(H,29,31)(H,32,33)/t25-/m0/s1. The van der Waals surface area contributed by atoms with Crippen LogP contribution in [0.4, 0.5) is 0 Å². The van der Waals surface area contributed by atoms with Crippen LogP contribution in [0.5, 0.6) is 0 Å². The molecule has 0 aliphatic carbocycles. The van der Waals surface area contributed by atoms with Crippen molar-refractivity contribution in [3.63, 3.8) is 0 Å². The normalized spacial score (nSPS) is 15.5. The van der Waals surface area contributed by atoms with Crippen molar-refractivity contribution in [2.75, 3.05) is 0 Å². The second-order valence-corrected chi connectivity index (χ2v) is 9.03. The summed E-state index contributed by atoms with van der Waals surface area (Å²) in [4.78, 5) is 30.9. The summed E-state index contributed by atoms with van der Waals surface area (Å²) in [7, 11) is 0. The number of carboxylic acids is 1. The van der Waals surface area contributed by atoms with E-state index in [1.54, 1.807) is 18.3 Å². The first-order chi connectivity index (χ1) is 15.8. The van der Waals surface area contributed by atoms with Crippen LogP contribution in [0.3, 0.4) is 0 Å². The lowest BCUT2D eigenvalue weighted by Crippen LogP contribution is -2.25. The number of hydrogen-bond acceptors (Lipinski definition) is 4. The Morgan fingerprint density at radius 1 is 1.06 bits per heavy atom. The van der Waals surface area contributed by atoms with Crippen LogP contribution in [0, 0.1) is 12.8 Å². The average molecular weight is 444 g/mol. The number of aromatic nitrogens is 1. The van der Waals surface area contributed by atoms with Gasteiger partial charge >= 0.3 is 5.97 Å². The summed E-state index contributed by atoms with van der Waals surface area (Å²) in [5.74, 6) is -0.755. The molecular weight excluding hydrogens is 414 g/mol. The number of carboxylic acid groups (broad SMARTS) is 1. The van der Waals surface area contributed by atoms with Gasteiger partial charge in [0, 0.05) is 25.8 Å². The van der Waals surface area contributed by atoms with Gasteiger partial charge in [0.05, 0.1) is 22.9 Å². The average Bonchev–Trinajstić information content (AvgIpc) is 3.16. The minimum atomic E-state index is -0.967. The lowest BCUT2D eigenvalue weighted by atomic mass is 9.99. The number of amides is 1. The molecule has 0 spiro atoms. The number of carbonyl (C=O) groups excluding carboxylic acids is 1. The number of nitrogens with zero attached hydrogens (tertiary/aromatic N) is 2. The van der Waals surface area contributed by atoms with Gasteiger partial charge in [-0.2, -0.15) is 0 Å². The molecule has 2 N–H and O–H groups in total. The van der Waals surface area contributed by atoms with Crippen LogP contribution in [0.15, 0.2) is 60.8 Å². The maximum atomic E-state index is 12.8. The van der Waals surface area contributed by atoms with Gasteiger partial charge in [0.1, 0.15) is 0 Å². The zero-order valence-electron chi connectivity index (χ0n) is 19.2. The summed E-state index contributed by atoms with van der Waals surface area (Å²) in [6.07, 6.45) is 1.66. The Morgan fingerprint density at radius 3 is 2.36 bits per heavy atom. The Bertz CT molecular complexity index is 1150. The molecule has 1 amide bonds. The monoisotopic (exact) mass is 443 g/mol. The Hall–Kier alpha value is -3.51. The molecule has 0 saturated heterocycles. The predicted molar refractivity (Wildman–Crippen MR) is 127 cm³/mol. The van der Waals surface area contributed by atoms with Gasteiger partial charge in [-0.05, 0) is 47.7 Å². The third kappa shape index (κ3) is 5.12. The molecule has 4 rings (SSSR count). The van der Waals surface area contributed by atoms with E-state index < -0.39 is 5.97 Å². The van der Waals surface area contributed by atoms with Crippen LogP contribution < -0.4 is 5.32 Å². The molecule has 0 fully saturated rings. The number of carbonyl (C=O) groups is 2. The zero-order valence-corrected chi connectivity index (χ0v) is 19.2. The first-order valence-electron chi connectivity index (χ1n) is 11.2. The summed E-state index contributed by atoms with van der Waals surface area (Å²) >= 11 is 0. The molecule has 1 aliphatic rings. The highest BCUT2D eigenvalue weighted by molar-refractivity contribution is 5.94. The number of aryl methyl sites for hydroxylation is 1. The van der Waals surface area contributed by atoms with Gasteiger partial charge in [-0.25, -0.2) is 4.79 Å². The van der Waals surface area contributed by atoms with Crippen molar-refractivity contribution in [2.45, 2.75) is 46.4 Å². The molecule has 1 aliphatic heterocycles. The van der Waals surface area contributed by atoms with Crippen molar-refractivity contribution in [1.29, 1.82) is 0 Å². The van der Waals surface area contributed by atoms with E-state index in [4.69, 9.17) is 10.1 Å². The lowest BCUT2D eigenvalue weighted by molar-refractivity contribution is 0.0696. The van der Waals surface area contributed by atoms with Crippen molar-refractivity contribution < 1.29 is 14.7 Å². The Kier molecular flexibility index (Phi) is 6.56. The maximum Gasteiger partial charge on any atom is 0.335 e. The first kappa shape index (κ1) is 22.7. The molecule has 2 aromatic carbocycles. The van der Waals surface area contributed by atoms with Crippen LogP contribution >= 0.6 is 0 Å². The molecule has 6 heteroatoms. The number of rotatable bonds is 7. The second-order valence-electron chi connectivity index (χ2n) is 9.03. The van der Waals surface area contributed by atoms with Gasteiger partial charge in [-0.3, -0.25) is 14.7 Å². The fourth-order valence-corrected chi connectivity index (χ4v) is 4.40. The molecule has 6 nitrogen and oxygen atoms in total. The van der Waals surface area contributed by atoms with E-state index in [0.29, 0.717) is 18.0 Å². The number of fused-ring (bicyclic) bond motifs is 1. The van der Waals surface area contributed by atoms with E-state index in [9.17, 15) is 9.59 Å². The summed E-state index contributed by atoms with van der Waals surface area (Å²) in [5, 5.41) is 11.9. The fourth-order valence-electron chi connectivity index (χ4n) is 4.40. The molecule has 170 valence electrons. The van der Waals surface area contributed by atoms with E-state index in [1.807, 2.05) is 6.07 Å². The lowest BCUT2D eigenvalue weighted by Gasteiger charge is -2.27. The van der Waals surface area contributed by atoms with Gasteiger partial charge in [-0.1, -0.05) is 55.8 Å². The van der Waals surface area contributed by atoms with E-state index in [-0.39, 0.29) is 17.5 Å². The molecule has 0 radical (unpaired) electrons. The van der Waals surface area contributed by atoms with Gasteiger partial charge < -0.3 is 10.4 Å². The Morgan fingerprint density at radius 2 is 1.73 bits per heavy atom. The molecule has 3 aromatic rings. The Labute approximate surface area is 194 Å².